The molecule has 0 heterocycles. The summed E-state index contributed by atoms with van der Waals surface area (Å²) < 4.78 is 0. The number of carbonyl (C=O) groups excluding carboxylic acids is 1. The Morgan fingerprint density at radius 1 is 1.47 bits per heavy atom. The Balaban J connectivity index is 2.56. The van der Waals surface area contributed by atoms with Crippen LogP contribution in [0.1, 0.15) is 26.7 Å². The second-order valence-corrected chi connectivity index (χ2v) is 4.90. The molecule has 1 fully saturated rings. The number of rotatable bonds is 4. The summed E-state index contributed by atoms with van der Waals surface area (Å²) in [7, 11) is 0. The lowest BCUT2D eigenvalue weighted by atomic mass is 9.95. The topological polar surface area (TPSA) is 90.2 Å². The van der Waals surface area contributed by atoms with Gasteiger partial charge in [-0.15, -0.1) is 0 Å². The molecule has 0 bridgehead atoms. The summed E-state index contributed by atoms with van der Waals surface area (Å²) in [4.78, 5) is 22.9. The fourth-order valence-corrected chi connectivity index (χ4v) is 2.28. The average Bonchev–Trinajstić information content (AvgIpc) is 2.67. The van der Waals surface area contributed by atoms with E-state index >= 15 is 0 Å². The van der Waals surface area contributed by atoms with Crippen LogP contribution in [-0.4, -0.2) is 23.5 Å². The molecule has 0 aromatic carbocycles. The van der Waals surface area contributed by atoms with Gasteiger partial charge >= 0.3 is 5.97 Å². The molecule has 4 unspecified atom stereocenters. The van der Waals surface area contributed by atoms with Crippen LogP contribution in [0.3, 0.4) is 0 Å². The maximum atomic E-state index is 11.8. The lowest BCUT2D eigenvalue weighted by molar-refractivity contribution is -0.146. The van der Waals surface area contributed by atoms with Gasteiger partial charge in [-0.3, -0.25) is 9.59 Å². The third-order valence-electron chi connectivity index (χ3n) is 3.26. The van der Waals surface area contributed by atoms with Crippen molar-refractivity contribution in [2.45, 2.75) is 26.7 Å². The van der Waals surface area contributed by atoms with Crippen LogP contribution in [0.25, 0.3) is 0 Å². The molecule has 5 heteroatoms. The van der Waals surface area contributed by atoms with E-state index in [0.29, 0.717) is 12.8 Å². The van der Waals surface area contributed by atoms with E-state index in [1.54, 1.807) is 6.92 Å². The van der Waals surface area contributed by atoms with Crippen LogP contribution in [0.4, 0.5) is 0 Å². The quantitative estimate of drug-likeness (QED) is 0.764. The molecule has 1 saturated carbocycles. The van der Waals surface area contributed by atoms with Gasteiger partial charge in [-0.1, -0.05) is 6.92 Å². The molecule has 0 aromatic heterocycles. The minimum absolute atomic E-state index is 0.233. The Morgan fingerprint density at radius 2 is 2.06 bits per heavy atom. The number of amides is 1. The van der Waals surface area contributed by atoms with E-state index in [9.17, 15) is 9.59 Å². The van der Waals surface area contributed by atoms with Crippen molar-refractivity contribution in [3.8, 4) is 6.07 Å². The van der Waals surface area contributed by atoms with Crippen molar-refractivity contribution in [1.82, 2.24) is 5.32 Å². The van der Waals surface area contributed by atoms with Crippen molar-refractivity contribution >= 4 is 11.9 Å². The largest absolute Gasteiger partial charge is 0.481 e. The number of aliphatic carboxylic acids is 1. The maximum Gasteiger partial charge on any atom is 0.307 e. The van der Waals surface area contributed by atoms with E-state index in [2.05, 4.69) is 5.32 Å². The molecule has 0 saturated heterocycles. The molecule has 5 nitrogen and oxygen atoms in total. The summed E-state index contributed by atoms with van der Waals surface area (Å²) in [6, 6.07) is 2.02. The van der Waals surface area contributed by atoms with Crippen LogP contribution in [0.2, 0.25) is 0 Å². The number of hydrogen-bond donors (Lipinski definition) is 2. The van der Waals surface area contributed by atoms with Crippen molar-refractivity contribution in [2.24, 2.45) is 23.7 Å². The molecule has 1 aliphatic rings. The van der Waals surface area contributed by atoms with Crippen LogP contribution in [0.15, 0.2) is 0 Å². The molecule has 17 heavy (non-hydrogen) atoms. The number of hydrogen-bond acceptors (Lipinski definition) is 3. The van der Waals surface area contributed by atoms with Gasteiger partial charge in [0.25, 0.3) is 0 Å². The first kappa shape index (κ1) is 13.5. The Kier molecular flexibility index (Phi) is 4.50. The molecule has 4 atom stereocenters. The highest BCUT2D eigenvalue weighted by Gasteiger charge is 2.41. The fourth-order valence-electron chi connectivity index (χ4n) is 2.28. The van der Waals surface area contributed by atoms with Crippen molar-refractivity contribution in [1.29, 1.82) is 5.26 Å². The predicted molar refractivity (Wildman–Crippen MR) is 60.8 cm³/mol. The fraction of sp³-hybridized carbons (Fsp3) is 0.750. The van der Waals surface area contributed by atoms with Crippen LogP contribution >= 0.6 is 0 Å². The number of nitrogens with one attached hydrogen (secondary N) is 1. The monoisotopic (exact) mass is 238 g/mol. The SMILES string of the molecule is CC(C#N)CNC(=O)C1CC(C)CC1C(=O)O. The van der Waals surface area contributed by atoms with Crippen LogP contribution in [-0.2, 0) is 9.59 Å². The third-order valence-corrected chi connectivity index (χ3v) is 3.26. The Bertz CT molecular complexity index is 348. The first-order valence-corrected chi connectivity index (χ1v) is 5.85. The molecular formula is C12H18N2O3. The number of nitriles is 1. The summed E-state index contributed by atoms with van der Waals surface area (Å²) in [5, 5.41) is 20.3. The lowest BCUT2D eigenvalue weighted by Gasteiger charge is -2.15. The molecule has 1 aliphatic carbocycles. The molecule has 0 aliphatic heterocycles. The minimum Gasteiger partial charge on any atom is -0.481 e. The van der Waals surface area contributed by atoms with Gasteiger partial charge in [0.1, 0.15) is 0 Å². The smallest absolute Gasteiger partial charge is 0.307 e. The van der Waals surface area contributed by atoms with Gasteiger partial charge in [0.2, 0.25) is 5.91 Å². The molecule has 0 aromatic rings. The maximum absolute atomic E-state index is 11.8. The molecule has 0 spiro atoms. The van der Waals surface area contributed by atoms with Gasteiger partial charge in [-0.05, 0) is 25.7 Å². The van der Waals surface area contributed by atoms with Gasteiger partial charge in [0, 0.05) is 6.54 Å². The van der Waals surface area contributed by atoms with Gasteiger partial charge < -0.3 is 10.4 Å². The van der Waals surface area contributed by atoms with E-state index in [1.807, 2.05) is 13.0 Å². The number of carboxylic acids is 1. The van der Waals surface area contributed by atoms with E-state index < -0.39 is 17.8 Å². The highest BCUT2D eigenvalue weighted by molar-refractivity contribution is 5.85. The summed E-state index contributed by atoms with van der Waals surface area (Å²) in [5.74, 6) is -2.15. The van der Waals surface area contributed by atoms with E-state index in [4.69, 9.17) is 10.4 Å². The molecule has 0 radical (unpaired) electrons. The predicted octanol–water partition coefficient (Wildman–Crippen LogP) is 1.01. The summed E-state index contributed by atoms with van der Waals surface area (Å²) in [6.45, 7) is 3.96. The normalized spacial score (nSPS) is 29.4. The second kappa shape index (κ2) is 5.67. The molecule has 1 amide bonds. The third kappa shape index (κ3) is 3.45. The average molecular weight is 238 g/mol. The summed E-state index contributed by atoms with van der Waals surface area (Å²) >= 11 is 0. The van der Waals surface area contributed by atoms with E-state index in [1.165, 1.54) is 0 Å². The molecular weight excluding hydrogens is 220 g/mol. The minimum atomic E-state index is -0.900. The molecule has 2 N–H and O–H groups in total. The highest BCUT2D eigenvalue weighted by Crippen LogP contribution is 2.36. The van der Waals surface area contributed by atoms with Crippen LogP contribution in [0.5, 0.6) is 0 Å². The van der Waals surface area contributed by atoms with Gasteiger partial charge in [0.05, 0.1) is 23.8 Å². The van der Waals surface area contributed by atoms with E-state index in [-0.39, 0.29) is 24.3 Å². The first-order chi connectivity index (χ1) is 7.95. The van der Waals surface area contributed by atoms with Gasteiger partial charge in [-0.25, -0.2) is 0 Å². The number of carboxylic acid groups (broad SMARTS) is 1. The Hall–Kier alpha value is -1.57. The summed E-state index contributed by atoms with van der Waals surface area (Å²) in [6.07, 6.45) is 1.17. The zero-order chi connectivity index (χ0) is 13.0. The van der Waals surface area contributed by atoms with Gasteiger partial charge in [0.15, 0.2) is 0 Å². The zero-order valence-corrected chi connectivity index (χ0v) is 10.1. The van der Waals surface area contributed by atoms with Crippen molar-refractivity contribution < 1.29 is 14.7 Å². The second-order valence-electron chi connectivity index (χ2n) is 4.90. The lowest BCUT2D eigenvalue weighted by Crippen LogP contribution is -2.37. The Labute approximate surface area is 101 Å². The zero-order valence-electron chi connectivity index (χ0n) is 10.1. The van der Waals surface area contributed by atoms with Crippen molar-refractivity contribution in [2.75, 3.05) is 6.54 Å². The molecule has 94 valence electrons. The van der Waals surface area contributed by atoms with Gasteiger partial charge in [-0.2, -0.15) is 5.26 Å². The molecule has 1 rings (SSSR count). The van der Waals surface area contributed by atoms with Crippen LogP contribution in [0, 0.1) is 35.0 Å². The number of nitrogens with zero attached hydrogens (tertiary/aromatic N) is 1. The van der Waals surface area contributed by atoms with Crippen LogP contribution < -0.4 is 5.32 Å². The van der Waals surface area contributed by atoms with Crippen molar-refractivity contribution in [3.05, 3.63) is 0 Å². The summed E-state index contributed by atoms with van der Waals surface area (Å²) in [5.41, 5.74) is 0. The van der Waals surface area contributed by atoms with Crippen molar-refractivity contribution in [3.63, 3.8) is 0 Å². The standard InChI is InChI=1S/C12H18N2O3/c1-7-3-9(10(4-7)12(16)17)11(15)14-6-8(2)5-13/h7-10H,3-4,6H2,1-2H3,(H,14,15)(H,16,17). The highest BCUT2D eigenvalue weighted by atomic mass is 16.4. The van der Waals surface area contributed by atoms with E-state index in [0.717, 1.165) is 0 Å². The first-order valence-electron chi connectivity index (χ1n) is 5.85. The number of carbonyl (C=O) groups is 2. The Morgan fingerprint density at radius 3 is 2.59 bits per heavy atom.